The zero-order valence-electron chi connectivity index (χ0n) is 10.5. The van der Waals surface area contributed by atoms with Gasteiger partial charge in [0.1, 0.15) is 11.8 Å². The number of furan rings is 1. The van der Waals surface area contributed by atoms with E-state index in [1.54, 1.807) is 12.3 Å². The molecule has 0 fully saturated rings. The number of rotatable bonds is 5. The number of halogens is 1. The summed E-state index contributed by atoms with van der Waals surface area (Å²) >= 11 is 2.25. The molecule has 2 rings (SSSR count). The third-order valence-electron chi connectivity index (χ3n) is 2.64. The van der Waals surface area contributed by atoms with E-state index in [-0.39, 0.29) is 11.9 Å². The van der Waals surface area contributed by atoms with Gasteiger partial charge in [0.05, 0.1) is 12.8 Å². The molecule has 1 unspecified atom stereocenters. The molecule has 100 valence electrons. The van der Waals surface area contributed by atoms with Crippen molar-refractivity contribution >= 4 is 34.2 Å². The van der Waals surface area contributed by atoms with Gasteiger partial charge in [0.25, 0.3) is 0 Å². The Balaban J connectivity index is 1.83. The molecule has 1 amide bonds. The molecule has 0 saturated carbocycles. The Morgan fingerprint density at radius 3 is 2.68 bits per heavy atom. The Hall–Kier alpha value is -1.50. The van der Waals surface area contributed by atoms with E-state index in [2.05, 4.69) is 33.2 Å². The summed E-state index contributed by atoms with van der Waals surface area (Å²) in [6, 6.07) is 11.2. The quantitative estimate of drug-likeness (QED) is 0.796. The van der Waals surface area contributed by atoms with E-state index in [0.29, 0.717) is 6.54 Å². The molecule has 0 aliphatic heterocycles. The minimum absolute atomic E-state index is 0.0602. The summed E-state index contributed by atoms with van der Waals surface area (Å²) in [5.41, 5.74) is 0.932. The number of amides is 1. The van der Waals surface area contributed by atoms with E-state index >= 15 is 0 Å². The third kappa shape index (κ3) is 4.27. The minimum atomic E-state index is -0.296. The van der Waals surface area contributed by atoms with Crippen molar-refractivity contribution in [3.05, 3.63) is 52.0 Å². The second kappa shape index (κ2) is 6.60. The summed E-state index contributed by atoms with van der Waals surface area (Å²) in [5.74, 6) is 0.685. The van der Waals surface area contributed by atoms with Gasteiger partial charge in [-0.1, -0.05) is 0 Å². The normalized spacial score (nSPS) is 11.9. The minimum Gasteiger partial charge on any atom is -0.467 e. The van der Waals surface area contributed by atoms with Crippen LogP contribution in [0.5, 0.6) is 0 Å². The van der Waals surface area contributed by atoms with Crippen LogP contribution in [0.2, 0.25) is 0 Å². The van der Waals surface area contributed by atoms with Gasteiger partial charge in [-0.3, -0.25) is 4.79 Å². The topological polar surface area (TPSA) is 54.3 Å². The molecular formula is C14H15IN2O2. The highest BCUT2D eigenvalue weighted by Crippen LogP contribution is 2.12. The van der Waals surface area contributed by atoms with Crippen LogP contribution in [-0.2, 0) is 11.3 Å². The standard InChI is InChI=1S/C14H15IN2O2/c1-10(17-12-6-4-11(15)5-7-12)14(18)16-9-13-3-2-8-19-13/h2-8,10,17H,9H2,1H3,(H,16,18). The van der Waals surface area contributed by atoms with Crippen LogP contribution >= 0.6 is 22.6 Å². The van der Waals surface area contributed by atoms with E-state index in [1.165, 1.54) is 0 Å². The lowest BCUT2D eigenvalue weighted by molar-refractivity contribution is -0.121. The highest BCUT2D eigenvalue weighted by Gasteiger charge is 2.12. The van der Waals surface area contributed by atoms with Crippen molar-refractivity contribution in [2.45, 2.75) is 19.5 Å². The van der Waals surface area contributed by atoms with E-state index in [0.717, 1.165) is 15.0 Å². The van der Waals surface area contributed by atoms with Crippen molar-refractivity contribution in [2.24, 2.45) is 0 Å². The zero-order chi connectivity index (χ0) is 13.7. The van der Waals surface area contributed by atoms with Gasteiger partial charge >= 0.3 is 0 Å². The van der Waals surface area contributed by atoms with Crippen LogP contribution in [0.25, 0.3) is 0 Å². The third-order valence-corrected chi connectivity index (χ3v) is 3.36. The molecule has 2 aromatic rings. The van der Waals surface area contributed by atoms with E-state index in [1.807, 2.05) is 37.3 Å². The van der Waals surface area contributed by atoms with Crippen LogP contribution in [0.15, 0.2) is 47.1 Å². The molecule has 19 heavy (non-hydrogen) atoms. The lowest BCUT2D eigenvalue weighted by Gasteiger charge is -2.14. The molecule has 1 atom stereocenters. The molecule has 1 heterocycles. The Bertz CT molecular complexity index is 523. The van der Waals surface area contributed by atoms with Gasteiger partial charge in [-0.25, -0.2) is 0 Å². The van der Waals surface area contributed by atoms with Crippen LogP contribution < -0.4 is 10.6 Å². The number of hydrogen-bond donors (Lipinski definition) is 2. The molecule has 0 radical (unpaired) electrons. The number of anilines is 1. The first-order valence-electron chi connectivity index (χ1n) is 5.97. The van der Waals surface area contributed by atoms with Gasteiger partial charge in [-0.05, 0) is 65.9 Å². The molecule has 1 aromatic heterocycles. The Labute approximate surface area is 125 Å². The first-order valence-corrected chi connectivity index (χ1v) is 7.05. The lowest BCUT2D eigenvalue weighted by Crippen LogP contribution is -2.37. The molecule has 1 aromatic carbocycles. The zero-order valence-corrected chi connectivity index (χ0v) is 12.7. The first-order chi connectivity index (χ1) is 9.15. The Kier molecular flexibility index (Phi) is 4.84. The maximum absolute atomic E-state index is 11.9. The highest BCUT2D eigenvalue weighted by atomic mass is 127. The average molecular weight is 370 g/mol. The monoisotopic (exact) mass is 370 g/mol. The predicted molar refractivity (Wildman–Crippen MR) is 82.8 cm³/mol. The molecular weight excluding hydrogens is 355 g/mol. The van der Waals surface area contributed by atoms with Crippen molar-refractivity contribution in [3.63, 3.8) is 0 Å². The van der Waals surface area contributed by atoms with Gasteiger partial charge in [0.2, 0.25) is 5.91 Å². The van der Waals surface area contributed by atoms with Crippen molar-refractivity contribution in [1.29, 1.82) is 0 Å². The van der Waals surface area contributed by atoms with Crippen LogP contribution in [0.4, 0.5) is 5.69 Å². The van der Waals surface area contributed by atoms with Gasteiger partial charge in [0, 0.05) is 9.26 Å². The molecule has 2 N–H and O–H groups in total. The smallest absolute Gasteiger partial charge is 0.242 e. The summed E-state index contributed by atoms with van der Waals surface area (Å²) in [6.07, 6.45) is 1.59. The average Bonchev–Trinajstić information content (AvgIpc) is 2.91. The summed E-state index contributed by atoms with van der Waals surface area (Å²) in [4.78, 5) is 11.9. The Morgan fingerprint density at radius 1 is 1.32 bits per heavy atom. The molecule has 4 nitrogen and oxygen atoms in total. The predicted octanol–water partition coefficient (Wildman–Crippen LogP) is 3.00. The van der Waals surface area contributed by atoms with Gasteiger partial charge in [-0.15, -0.1) is 0 Å². The van der Waals surface area contributed by atoms with E-state index in [9.17, 15) is 4.79 Å². The highest BCUT2D eigenvalue weighted by molar-refractivity contribution is 14.1. The van der Waals surface area contributed by atoms with E-state index in [4.69, 9.17) is 4.42 Å². The summed E-state index contributed by atoms with van der Waals surface area (Å²) < 4.78 is 6.32. The van der Waals surface area contributed by atoms with Gasteiger partial charge in [-0.2, -0.15) is 0 Å². The second-order valence-corrected chi connectivity index (χ2v) is 5.42. The maximum atomic E-state index is 11.9. The SMILES string of the molecule is CC(Nc1ccc(I)cc1)C(=O)NCc1ccco1. The maximum Gasteiger partial charge on any atom is 0.242 e. The van der Waals surface area contributed by atoms with E-state index < -0.39 is 0 Å². The van der Waals surface area contributed by atoms with Gasteiger partial charge in [0.15, 0.2) is 0 Å². The van der Waals surface area contributed by atoms with Crippen LogP contribution in [0.3, 0.4) is 0 Å². The molecule has 5 heteroatoms. The number of benzene rings is 1. The molecule has 0 spiro atoms. The number of hydrogen-bond acceptors (Lipinski definition) is 3. The fraction of sp³-hybridized carbons (Fsp3) is 0.214. The first kappa shape index (κ1) is 13.9. The number of nitrogens with one attached hydrogen (secondary N) is 2. The Morgan fingerprint density at radius 2 is 2.05 bits per heavy atom. The summed E-state index contributed by atoms with van der Waals surface area (Å²) in [7, 11) is 0. The van der Waals surface area contributed by atoms with Crippen LogP contribution in [0.1, 0.15) is 12.7 Å². The fourth-order valence-corrected chi connectivity index (χ4v) is 1.96. The van der Waals surface area contributed by atoms with Crippen molar-refractivity contribution in [3.8, 4) is 0 Å². The molecule has 0 saturated heterocycles. The van der Waals surface area contributed by atoms with Crippen molar-refractivity contribution in [2.75, 3.05) is 5.32 Å². The second-order valence-electron chi connectivity index (χ2n) is 4.17. The summed E-state index contributed by atoms with van der Waals surface area (Å²) in [6.45, 7) is 2.24. The van der Waals surface area contributed by atoms with Crippen molar-refractivity contribution in [1.82, 2.24) is 5.32 Å². The number of carbonyl (C=O) groups is 1. The van der Waals surface area contributed by atoms with Gasteiger partial charge < -0.3 is 15.1 Å². The fourth-order valence-electron chi connectivity index (χ4n) is 1.60. The molecule has 0 aliphatic carbocycles. The molecule has 0 aliphatic rings. The van der Waals surface area contributed by atoms with Crippen LogP contribution in [-0.4, -0.2) is 11.9 Å². The van der Waals surface area contributed by atoms with Crippen molar-refractivity contribution < 1.29 is 9.21 Å². The summed E-state index contributed by atoms with van der Waals surface area (Å²) in [5, 5.41) is 5.97. The number of carbonyl (C=O) groups excluding carboxylic acids is 1. The lowest BCUT2D eigenvalue weighted by atomic mass is 10.2. The van der Waals surface area contributed by atoms with Crippen LogP contribution in [0, 0.1) is 3.57 Å². The molecule has 0 bridgehead atoms. The largest absolute Gasteiger partial charge is 0.467 e.